The fraction of sp³-hybridized carbons (Fsp3) is 0.500. The molecule has 1 atom stereocenters. The minimum Gasteiger partial charge on any atom is -0.389 e. The van der Waals surface area contributed by atoms with E-state index in [1.807, 2.05) is 18.2 Å². The highest BCUT2D eigenvalue weighted by Gasteiger charge is 2.24. The van der Waals surface area contributed by atoms with E-state index in [2.05, 4.69) is 11.8 Å². The Balaban J connectivity index is 2.21. The lowest BCUT2D eigenvalue weighted by Crippen LogP contribution is -2.23. The average molecular weight is 283 g/mol. The summed E-state index contributed by atoms with van der Waals surface area (Å²) in [6.07, 6.45) is 3.81. The molecule has 0 saturated carbocycles. The van der Waals surface area contributed by atoms with E-state index in [1.165, 1.54) is 19.3 Å². The molecule has 0 bridgehead atoms. The number of nitrogens with zero attached hydrogens (tertiary/aromatic N) is 1. The van der Waals surface area contributed by atoms with Gasteiger partial charge in [-0.05, 0) is 37.0 Å². The lowest BCUT2D eigenvalue weighted by atomic mass is 10.0. The first-order chi connectivity index (χ1) is 8.61. The van der Waals surface area contributed by atoms with Crippen molar-refractivity contribution < 1.29 is 0 Å². The first kappa shape index (κ1) is 13.6. The summed E-state index contributed by atoms with van der Waals surface area (Å²) in [5, 5.41) is 0.686. The van der Waals surface area contributed by atoms with Gasteiger partial charge >= 0.3 is 0 Å². The summed E-state index contributed by atoms with van der Waals surface area (Å²) in [5.41, 5.74) is 7.82. The molecule has 0 radical (unpaired) electrons. The molecule has 0 aliphatic carbocycles. The van der Waals surface area contributed by atoms with E-state index in [4.69, 9.17) is 29.6 Å². The highest BCUT2D eigenvalue weighted by molar-refractivity contribution is 7.80. The molecule has 18 heavy (non-hydrogen) atoms. The molecular formula is C14H19ClN2S. The third-order valence-corrected chi connectivity index (χ3v) is 4.00. The molecular weight excluding hydrogens is 264 g/mol. The van der Waals surface area contributed by atoms with Crippen LogP contribution >= 0.6 is 23.8 Å². The first-order valence-electron chi connectivity index (χ1n) is 6.46. The van der Waals surface area contributed by atoms with Crippen molar-refractivity contribution in [2.24, 2.45) is 11.7 Å². The van der Waals surface area contributed by atoms with Gasteiger partial charge in [-0.15, -0.1) is 0 Å². The maximum absolute atomic E-state index is 6.01. The number of nitrogens with two attached hydrogens (primary N) is 1. The minimum absolute atomic E-state index is 0.423. The topological polar surface area (TPSA) is 29.3 Å². The summed E-state index contributed by atoms with van der Waals surface area (Å²) >= 11 is 11.1. The Labute approximate surface area is 119 Å². The zero-order valence-corrected chi connectivity index (χ0v) is 12.2. The standard InChI is InChI=1S/C14H19ClN2S/c1-2-3-10-6-7-17(9-10)13-5-4-11(15)8-12(13)14(16)18/h4-5,8,10H,2-3,6-7,9H2,1H3,(H2,16,18). The molecule has 1 unspecified atom stereocenters. The summed E-state index contributed by atoms with van der Waals surface area (Å²) in [6.45, 7) is 4.43. The van der Waals surface area contributed by atoms with Crippen molar-refractivity contribution in [3.05, 3.63) is 28.8 Å². The van der Waals surface area contributed by atoms with E-state index >= 15 is 0 Å². The van der Waals surface area contributed by atoms with Gasteiger partial charge in [0.25, 0.3) is 0 Å². The molecule has 4 heteroatoms. The van der Waals surface area contributed by atoms with Gasteiger partial charge in [0.1, 0.15) is 4.99 Å². The third kappa shape index (κ3) is 2.96. The van der Waals surface area contributed by atoms with Gasteiger partial charge in [-0.2, -0.15) is 0 Å². The Bertz CT molecular complexity index is 447. The molecule has 1 saturated heterocycles. The lowest BCUT2D eigenvalue weighted by molar-refractivity contribution is 0.530. The molecule has 0 aromatic heterocycles. The Morgan fingerprint density at radius 2 is 2.33 bits per heavy atom. The molecule has 2 nitrogen and oxygen atoms in total. The Morgan fingerprint density at radius 3 is 3.00 bits per heavy atom. The summed E-state index contributed by atoms with van der Waals surface area (Å²) < 4.78 is 0. The predicted molar refractivity (Wildman–Crippen MR) is 82.6 cm³/mol. The van der Waals surface area contributed by atoms with Gasteiger partial charge < -0.3 is 10.6 Å². The zero-order chi connectivity index (χ0) is 13.1. The van der Waals surface area contributed by atoms with Gasteiger partial charge in [-0.3, -0.25) is 0 Å². The van der Waals surface area contributed by atoms with Gasteiger partial charge in [0.05, 0.1) is 0 Å². The van der Waals surface area contributed by atoms with E-state index in [-0.39, 0.29) is 0 Å². The van der Waals surface area contributed by atoms with Crippen LogP contribution < -0.4 is 10.6 Å². The van der Waals surface area contributed by atoms with Crippen LogP contribution in [0.2, 0.25) is 5.02 Å². The van der Waals surface area contributed by atoms with Crippen molar-refractivity contribution in [2.75, 3.05) is 18.0 Å². The lowest BCUT2D eigenvalue weighted by Gasteiger charge is -2.22. The molecule has 1 aliphatic heterocycles. The highest BCUT2D eigenvalue weighted by atomic mass is 35.5. The molecule has 0 amide bonds. The van der Waals surface area contributed by atoms with E-state index in [0.29, 0.717) is 10.0 Å². The van der Waals surface area contributed by atoms with E-state index in [9.17, 15) is 0 Å². The molecule has 1 heterocycles. The van der Waals surface area contributed by atoms with Crippen LogP contribution in [-0.4, -0.2) is 18.1 Å². The maximum atomic E-state index is 6.01. The summed E-state index contributed by atoms with van der Waals surface area (Å²) in [7, 11) is 0. The van der Waals surface area contributed by atoms with Gasteiger partial charge in [0, 0.05) is 29.4 Å². The highest BCUT2D eigenvalue weighted by Crippen LogP contribution is 2.30. The monoisotopic (exact) mass is 282 g/mol. The molecule has 1 fully saturated rings. The van der Waals surface area contributed by atoms with Crippen LogP contribution in [0.25, 0.3) is 0 Å². The first-order valence-corrected chi connectivity index (χ1v) is 7.24. The van der Waals surface area contributed by atoms with Crippen molar-refractivity contribution in [3.8, 4) is 0 Å². The second kappa shape index (κ2) is 5.89. The maximum Gasteiger partial charge on any atom is 0.106 e. The van der Waals surface area contributed by atoms with Crippen LogP contribution in [0.3, 0.4) is 0 Å². The molecule has 2 rings (SSSR count). The van der Waals surface area contributed by atoms with E-state index in [0.717, 1.165) is 30.3 Å². The number of thiocarbonyl (C=S) groups is 1. The number of benzene rings is 1. The van der Waals surface area contributed by atoms with E-state index < -0.39 is 0 Å². The van der Waals surface area contributed by atoms with Crippen molar-refractivity contribution in [2.45, 2.75) is 26.2 Å². The average Bonchev–Trinajstić information content (AvgIpc) is 2.78. The van der Waals surface area contributed by atoms with Crippen LogP contribution in [0.15, 0.2) is 18.2 Å². The number of hydrogen-bond donors (Lipinski definition) is 1. The number of anilines is 1. The van der Waals surface area contributed by atoms with Crippen molar-refractivity contribution in [3.63, 3.8) is 0 Å². The van der Waals surface area contributed by atoms with Crippen molar-refractivity contribution in [1.29, 1.82) is 0 Å². The van der Waals surface area contributed by atoms with Crippen LogP contribution in [0.4, 0.5) is 5.69 Å². The third-order valence-electron chi connectivity index (χ3n) is 3.55. The summed E-state index contributed by atoms with van der Waals surface area (Å²) in [5.74, 6) is 0.796. The van der Waals surface area contributed by atoms with Gasteiger partial charge in [-0.25, -0.2) is 0 Å². The second-order valence-corrected chi connectivity index (χ2v) is 5.79. The molecule has 1 aromatic carbocycles. The number of halogens is 1. The van der Waals surface area contributed by atoms with Gasteiger partial charge in [-0.1, -0.05) is 37.2 Å². The fourth-order valence-electron chi connectivity index (χ4n) is 2.68. The van der Waals surface area contributed by atoms with Gasteiger partial charge in [0.15, 0.2) is 0 Å². The van der Waals surface area contributed by atoms with E-state index in [1.54, 1.807) is 0 Å². The van der Waals surface area contributed by atoms with Crippen LogP contribution in [-0.2, 0) is 0 Å². The fourth-order valence-corrected chi connectivity index (χ4v) is 3.01. The quantitative estimate of drug-likeness (QED) is 0.856. The van der Waals surface area contributed by atoms with Crippen molar-refractivity contribution >= 4 is 34.5 Å². The van der Waals surface area contributed by atoms with Crippen LogP contribution in [0.1, 0.15) is 31.7 Å². The summed E-state index contributed by atoms with van der Waals surface area (Å²) in [6, 6.07) is 5.81. The smallest absolute Gasteiger partial charge is 0.106 e. The Hall–Kier alpha value is -0.800. The van der Waals surface area contributed by atoms with Crippen LogP contribution in [0, 0.1) is 5.92 Å². The van der Waals surface area contributed by atoms with Crippen LogP contribution in [0.5, 0.6) is 0 Å². The molecule has 2 N–H and O–H groups in total. The normalized spacial score (nSPS) is 19.2. The summed E-state index contributed by atoms with van der Waals surface area (Å²) in [4.78, 5) is 2.80. The van der Waals surface area contributed by atoms with Gasteiger partial charge in [0.2, 0.25) is 0 Å². The zero-order valence-electron chi connectivity index (χ0n) is 10.7. The molecule has 98 valence electrons. The minimum atomic E-state index is 0.423. The number of hydrogen-bond acceptors (Lipinski definition) is 2. The predicted octanol–water partition coefficient (Wildman–Crippen LogP) is 3.60. The Kier molecular flexibility index (Phi) is 4.46. The molecule has 1 aromatic rings. The molecule has 1 aliphatic rings. The second-order valence-electron chi connectivity index (χ2n) is 4.92. The Morgan fingerprint density at radius 1 is 1.56 bits per heavy atom. The van der Waals surface area contributed by atoms with Crippen molar-refractivity contribution in [1.82, 2.24) is 0 Å². The number of rotatable bonds is 4. The molecule has 0 spiro atoms. The largest absolute Gasteiger partial charge is 0.389 e. The SMILES string of the molecule is CCCC1CCN(c2ccc(Cl)cc2C(N)=S)C1.